The van der Waals surface area contributed by atoms with E-state index in [1.165, 1.54) is 11.3 Å². The molecule has 3 N–H and O–H groups in total. The monoisotopic (exact) mass is 416 g/mol. The van der Waals surface area contributed by atoms with Crippen molar-refractivity contribution in [3.05, 3.63) is 43.8 Å². The third kappa shape index (κ3) is 3.53. The summed E-state index contributed by atoms with van der Waals surface area (Å²) >= 11 is 3.38. The number of benzene rings is 1. The second-order valence-electron chi connectivity index (χ2n) is 4.35. The van der Waals surface area contributed by atoms with E-state index in [0.717, 1.165) is 8.45 Å². The first-order valence-corrected chi connectivity index (χ1v) is 7.95. The molecule has 0 saturated carbocycles. The quantitative estimate of drug-likeness (QED) is 0.653. The van der Waals surface area contributed by atoms with Gasteiger partial charge in [-0.3, -0.25) is 5.32 Å². The number of urea groups is 1. The van der Waals surface area contributed by atoms with Crippen LogP contribution in [-0.2, 0) is 0 Å². The number of carbonyl (C=O) groups excluding carboxylic acids is 1. The highest BCUT2D eigenvalue weighted by atomic mass is 127. The molecule has 0 atom stereocenters. The van der Waals surface area contributed by atoms with E-state index in [9.17, 15) is 14.7 Å². The fourth-order valence-corrected chi connectivity index (χ4v) is 3.36. The Labute approximate surface area is 139 Å². The molecule has 0 unspecified atom stereocenters. The maximum Gasteiger partial charge on any atom is 0.338 e. The van der Waals surface area contributed by atoms with E-state index >= 15 is 0 Å². The van der Waals surface area contributed by atoms with Crippen LogP contribution < -0.4 is 10.6 Å². The Bertz CT molecular complexity index is 712. The van der Waals surface area contributed by atoms with Crippen molar-refractivity contribution in [2.24, 2.45) is 0 Å². The third-order valence-electron chi connectivity index (χ3n) is 2.95. The Balaban J connectivity index is 2.19. The Morgan fingerprint density at radius 1 is 1.19 bits per heavy atom. The van der Waals surface area contributed by atoms with Crippen LogP contribution in [0.4, 0.5) is 15.5 Å². The number of nitrogens with one attached hydrogen (secondary N) is 2. The summed E-state index contributed by atoms with van der Waals surface area (Å²) in [5.74, 6) is -1.04. The van der Waals surface area contributed by atoms with Gasteiger partial charge in [-0.2, -0.15) is 0 Å². The van der Waals surface area contributed by atoms with E-state index in [-0.39, 0.29) is 5.56 Å². The molecule has 2 amide bonds. The normalized spacial score (nSPS) is 10.2. The predicted molar refractivity (Wildman–Crippen MR) is 92.6 cm³/mol. The molecule has 0 saturated heterocycles. The van der Waals surface area contributed by atoms with E-state index in [1.54, 1.807) is 13.0 Å². The molecule has 5 nitrogen and oxygen atoms in total. The fraction of sp³-hybridized carbons (Fsp3) is 0.143. The van der Waals surface area contributed by atoms with Gasteiger partial charge in [0.1, 0.15) is 5.00 Å². The average molecular weight is 416 g/mol. The summed E-state index contributed by atoms with van der Waals surface area (Å²) < 4.78 is 0.905. The number of carboxylic acids is 1. The molecule has 0 fully saturated rings. The molecule has 0 aliphatic rings. The molecular formula is C14H13IN2O3S. The van der Waals surface area contributed by atoms with Gasteiger partial charge in [0.25, 0.3) is 0 Å². The molecule has 2 aromatic rings. The number of rotatable bonds is 3. The Kier molecular flexibility index (Phi) is 4.84. The molecule has 1 aromatic heterocycles. The first-order chi connectivity index (χ1) is 9.90. The third-order valence-corrected chi connectivity index (χ3v) is 5.01. The molecule has 2 rings (SSSR count). The molecular weight excluding hydrogens is 403 g/mol. The number of amides is 2. The van der Waals surface area contributed by atoms with Gasteiger partial charge in [0.05, 0.1) is 11.3 Å². The van der Waals surface area contributed by atoms with Gasteiger partial charge < -0.3 is 10.4 Å². The zero-order chi connectivity index (χ0) is 15.6. The molecule has 1 aromatic carbocycles. The van der Waals surface area contributed by atoms with Crippen LogP contribution in [0.3, 0.4) is 0 Å². The number of anilines is 2. The highest BCUT2D eigenvalue weighted by Gasteiger charge is 2.20. The van der Waals surface area contributed by atoms with Crippen molar-refractivity contribution in [1.82, 2.24) is 0 Å². The van der Waals surface area contributed by atoms with E-state index in [0.29, 0.717) is 16.3 Å². The van der Waals surface area contributed by atoms with Gasteiger partial charge in [0, 0.05) is 8.45 Å². The summed E-state index contributed by atoms with van der Waals surface area (Å²) in [6.45, 7) is 3.56. The van der Waals surface area contributed by atoms with Crippen molar-refractivity contribution in [3.63, 3.8) is 0 Å². The second-order valence-corrected chi connectivity index (χ2v) is 6.74. The molecule has 0 aliphatic heterocycles. The number of hydrogen-bond acceptors (Lipinski definition) is 3. The second kappa shape index (κ2) is 6.44. The predicted octanol–water partition coefficient (Wildman–Crippen LogP) is 4.31. The Morgan fingerprint density at radius 3 is 2.48 bits per heavy atom. The highest BCUT2D eigenvalue weighted by molar-refractivity contribution is 14.1. The van der Waals surface area contributed by atoms with Crippen molar-refractivity contribution >= 4 is 56.6 Å². The lowest BCUT2D eigenvalue weighted by atomic mass is 10.1. The summed E-state index contributed by atoms with van der Waals surface area (Å²) in [4.78, 5) is 24.2. The molecule has 110 valence electrons. The minimum Gasteiger partial charge on any atom is -0.478 e. The maximum atomic E-state index is 12.0. The van der Waals surface area contributed by atoms with Crippen LogP contribution in [-0.4, -0.2) is 17.1 Å². The summed E-state index contributed by atoms with van der Waals surface area (Å²) in [5.41, 5.74) is 1.50. The molecule has 1 heterocycles. The van der Waals surface area contributed by atoms with E-state index in [4.69, 9.17) is 0 Å². The molecule has 0 spiro atoms. The highest BCUT2D eigenvalue weighted by Crippen LogP contribution is 2.32. The smallest absolute Gasteiger partial charge is 0.338 e. The van der Waals surface area contributed by atoms with Crippen molar-refractivity contribution in [1.29, 1.82) is 0 Å². The number of thiophene rings is 1. The Hall–Kier alpha value is -1.61. The Morgan fingerprint density at radius 2 is 1.86 bits per heavy atom. The number of carbonyl (C=O) groups is 2. The van der Waals surface area contributed by atoms with Gasteiger partial charge in [-0.15, -0.1) is 11.3 Å². The number of aromatic carboxylic acids is 1. The summed E-state index contributed by atoms with van der Waals surface area (Å²) in [5, 5.41) is 14.9. The molecule has 0 aliphatic carbocycles. The van der Waals surface area contributed by atoms with E-state index in [2.05, 4.69) is 33.2 Å². The number of aryl methyl sites for hydroxylation is 1. The summed E-state index contributed by atoms with van der Waals surface area (Å²) in [6.07, 6.45) is 0. The zero-order valence-electron chi connectivity index (χ0n) is 11.4. The first kappa shape index (κ1) is 15.8. The van der Waals surface area contributed by atoms with Gasteiger partial charge in [-0.25, -0.2) is 9.59 Å². The van der Waals surface area contributed by atoms with Gasteiger partial charge in [0.2, 0.25) is 0 Å². The number of carboxylic acid groups (broad SMARTS) is 1. The first-order valence-electron chi connectivity index (χ1n) is 6.06. The van der Waals surface area contributed by atoms with Crippen LogP contribution in [0.1, 0.15) is 20.8 Å². The number of hydrogen-bond donors (Lipinski definition) is 3. The number of para-hydroxylation sites is 1. The standard InChI is InChI=1S/C14H13IN2O3S/c1-7-8(2)21-12(11(7)13(18)19)17-14(20)16-10-6-4-3-5-9(10)15/h3-6H,1-2H3,(H,18,19)(H2,16,17,20). The lowest BCUT2D eigenvalue weighted by Crippen LogP contribution is -2.20. The van der Waals surface area contributed by atoms with Gasteiger partial charge in [-0.1, -0.05) is 12.1 Å². The molecule has 7 heteroatoms. The van der Waals surface area contributed by atoms with Crippen LogP contribution in [0.5, 0.6) is 0 Å². The van der Waals surface area contributed by atoms with Crippen LogP contribution in [0.25, 0.3) is 0 Å². The largest absolute Gasteiger partial charge is 0.478 e. The van der Waals surface area contributed by atoms with Crippen LogP contribution in [0, 0.1) is 17.4 Å². The fourth-order valence-electron chi connectivity index (χ4n) is 1.79. The molecule has 21 heavy (non-hydrogen) atoms. The van der Waals surface area contributed by atoms with Gasteiger partial charge in [0.15, 0.2) is 0 Å². The van der Waals surface area contributed by atoms with Crippen LogP contribution >= 0.6 is 33.9 Å². The SMILES string of the molecule is Cc1sc(NC(=O)Nc2ccccc2I)c(C(=O)O)c1C. The van der Waals surface area contributed by atoms with Crippen LogP contribution in [0.2, 0.25) is 0 Å². The van der Waals surface area contributed by atoms with Gasteiger partial charge in [-0.05, 0) is 54.1 Å². The summed E-state index contributed by atoms with van der Waals surface area (Å²) in [6, 6.07) is 6.89. The van der Waals surface area contributed by atoms with Crippen molar-refractivity contribution in [2.45, 2.75) is 13.8 Å². The number of halogens is 1. The van der Waals surface area contributed by atoms with E-state index < -0.39 is 12.0 Å². The molecule has 0 bridgehead atoms. The van der Waals surface area contributed by atoms with Gasteiger partial charge >= 0.3 is 12.0 Å². The minimum absolute atomic E-state index is 0.149. The lowest BCUT2D eigenvalue weighted by molar-refractivity contribution is 0.0697. The van der Waals surface area contributed by atoms with Crippen molar-refractivity contribution in [2.75, 3.05) is 10.6 Å². The summed E-state index contributed by atoms with van der Waals surface area (Å²) in [7, 11) is 0. The zero-order valence-corrected chi connectivity index (χ0v) is 14.3. The van der Waals surface area contributed by atoms with Crippen molar-refractivity contribution in [3.8, 4) is 0 Å². The lowest BCUT2D eigenvalue weighted by Gasteiger charge is -2.08. The molecule has 0 radical (unpaired) electrons. The van der Waals surface area contributed by atoms with E-state index in [1.807, 2.05) is 25.1 Å². The topological polar surface area (TPSA) is 78.4 Å². The van der Waals surface area contributed by atoms with Crippen molar-refractivity contribution < 1.29 is 14.7 Å². The maximum absolute atomic E-state index is 12.0. The average Bonchev–Trinajstić information content (AvgIpc) is 2.67. The minimum atomic E-state index is -1.04. The van der Waals surface area contributed by atoms with Crippen LogP contribution in [0.15, 0.2) is 24.3 Å².